The van der Waals surface area contributed by atoms with E-state index in [1.165, 1.54) is 0 Å². The van der Waals surface area contributed by atoms with Crippen molar-refractivity contribution in [3.8, 4) is 5.69 Å². The van der Waals surface area contributed by atoms with E-state index in [0.717, 1.165) is 22.6 Å². The minimum absolute atomic E-state index is 0.00374. The Kier molecular flexibility index (Phi) is 6.30. The molecule has 1 aliphatic rings. The molecule has 1 saturated heterocycles. The predicted octanol–water partition coefficient (Wildman–Crippen LogP) is 1.71. The number of benzene rings is 1. The number of rotatable bonds is 5. The van der Waals surface area contributed by atoms with Gasteiger partial charge in [-0.3, -0.25) is 4.79 Å². The molecule has 2 aromatic rings. The molecule has 0 bridgehead atoms. The minimum Gasteiger partial charge on any atom is -0.377 e. The van der Waals surface area contributed by atoms with Gasteiger partial charge in [0.1, 0.15) is 0 Å². The lowest BCUT2D eigenvalue weighted by Gasteiger charge is -2.36. The van der Waals surface area contributed by atoms with Crippen molar-refractivity contribution in [3.63, 3.8) is 0 Å². The summed E-state index contributed by atoms with van der Waals surface area (Å²) in [5.41, 5.74) is 3.90. The van der Waals surface area contributed by atoms with Crippen LogP contribution in [0.25, 0.3) is 5.69 Å². The Morgan fingerprint density at radius 3 is 2.71 bits per heavy atom. The van der Waals surface area contributed by atoms with Crippen LogP contribution in [-0.4, -0.2) is 60.0 Å². The third-order valence-corrected chi connectivity index (χ3v) is 4.98. The molecule has 3 rings (SSSR count). The summed E-state index contributed by atoms with van der Waals surface area (Å²) in [6, 6.07) is 9.47. The van der Waals surface area contributed by atoms with Crippen LogP contribution in [0.2, 0.25) is 0 Å². The average Bonchev–Trinajstić information content (AvgIpc) is 3.02. The smallest absolute Gasteiger partial charge is 0.314 e. The maximum Gasteiger partial charge on any atom is 0.314 e. The predicted molar refractivity (Wildman–Crippen MR) is 105 cm³/mol. The first kappa shape index (κ1) is 19.9. The maximum absolute atomic E-state index is 12.8. The number of para-hydroxylation sites is 1. The summed E-state index contributed by atoms with van der Waals surface area (Å²) in [4.78, 5) is 26.0. The van der Waals surface area contributed by atoms with Crippen molar-refractivity contribution in [1.82, 2.24) is 25.3 Å². The Balaban J connectivity index is 1.81. The van der Waals surface area contributed by atoms with Crippen LogP contribution in [0.1, 0.15) is 29.4 Å². The lowest BCUT2D eigenvalue weighted by molar-refractivity contribution is -0.140. The number of carbonyl (C=O) groups is 2. The number of carbonyl (C=O) groups excluding carboxylic acids is 2. The molecule has 3 amide bonds. The second-order valence-corrected chi connectivity index (χ2v) is 6.77. The summed E-state index contributed by atoms with van der Waals surface area (Å²) >= 11 is 0. The Hall–Kier alpha value is -2.87. The van der Waals surface area contributed by atoms with Crippen molar-refractivity contribution in [2.45, 2.75) is 26.3 Å². The van der Waals surface area contributed by atoms with Gasteiger partial charge in [0.05, 0.1) is 30.6 Å². The summed E-state index contributed by atoms with van der Waals surface area (Å²) in [6.45, 7) is 5.76. The van der Waals surface area contributed by atoms with Crippen molar-refractivity contribution in [1.29, 1.82) is 0 Å². The highest BCUT2D eigenvalue weighted by Gasteiger charge is 2.32. The first-order chi connectivity index (χ1) is 13.5. The Bertz CT molecular complexity index is 834. The number of hydrogen-bond acceptors (Lipinski definition) is 4. The van der Waals surface area contributed by atoms with Gasteiger partial charge in [0.25, 0.3) is 0 Å². The number of hydrogen-bond donors (Lipinski definition) is 2. The fraction of sp³-hybridized carbons (Fsp3) is 0.450. The molecule has 1 atom stereocenters. The van der Waals surface area contributed by atoms with Gasteiger partial charge < -0.3 is 20.3 Å². The molecule has 0 radical (unpaired) electrons. The summed E-state index contributed by atoms with van der Waals surface area (Å²) in [5, 5.41) is 9.84. The number of morpholine rings is 1. The van der Waals surface area contributed by atoms with Crippen LogP contribution < -0.4 is 10.6 Å². The van der Waals surface area contributed by atoms with Gasteiger partial charge in [-0.05, 0) is 26.0 Å². The van der Waals surface area contributed by atoms with Gasteiger partial charge in [0.2, 0.25) is 5.91 Å². The number of aryl methyl sites for hydroxylation is 1. The lowest BCUT2D eigenvalue weighted by Crippen LogP contribution is -2.45. The van der Waals surface area contributed by atoms with Crippen molar-refractivity contribution < 1.29 is 14.3 Å². The molecule has 1 aromatic heterocycles. The summed E-state index contributed by atoms with van der Waals surface area (Å²) < 4.78 is 7.60. The zero-order chi connectivity index (χ0) is 20.1. The minimum atomic E-state index is -0.290. The van der Waals surface area contributed by atoms with E-state index in [0.29, 0.717) is 26.3 Å². The number of urea groups is 1. The number of aromatic nitrogens is 2. The average molecular weight is 385 g/mol. The fourth-order valence-electron chi connectivity index (χ4n) is 3.61. The molecule has 8 heteroatoms. The highest BCUT2D eigenvalue weighted by Crippen LogP contribution is 2.31. The van der Waals surface area contributed by atoms with E-state index >= 15 is 0 Å². The molecule has 0 aliphatic carbocycles. The van der Waals surface area contributed by atoms with Crippen LogP contribution in [0.3, 0.4) is 0 Å². The van der Waals surface area contributed by atoms with E-state index in [9.17, 15) is 9.59 Å². The molecule has 28 heavy (non-hydrogen) atoms. The molecule has 1 fully saturated rings. The molecular weight excluding hydrogens is 358 g/mol. The largest absolute Gasteiger partial charge is 0.377 e. The van der Waals surface area contributed by atoms with Crippen LogP contribution >= 0.6 is 0 Å². The second kappa shape index (κ2) is 8.88. The maximum atomic E-state index is 12.8. The number of nitrogens with zero attached hydrogens (tertiary/aromatic N) is 3. The van der Waals surface area contributed by atoms with Gasteiger partial charge in [-0.25, -0.2) is 9.48 Å². The number of ether oxygens (including phenoxy) is 1. The highest BCUT2D eigenvalue weighted by atomic mass is 16.5. The van der Waals surface area contributed by atoms with E-state index in [2.05, 4.69) is 10.6 Å². The topological polar surface area (TPSA) is 88.5 Å². The second-order valence-electron chi connectivity index (χ2n) is 6.77. The zero-order valence-electron chi connectivity index (χ0n) is 16.6. The zero-order valence-corrected chi connectivity index (χ0v) is 16.6. The first-order valence-corrected chi connectivity index (χ1v) is 9.47. The van der Waals surface area contributed by atoms with Gasteiger partial charge in [0.15, 0.2) is 0 Å². The Labute approximate surface area is 164 Å². The van der Waals surface area contributed by atoms with E-state index in [4.69, 9.17) is 9.84 Å². The standard InChI is InChI=1S/C20H27N5O3/c1-14-19(15(2)25(23-14)16-7-5-4-6-8-16)17-13-28-12-11-24(17)18(26)9-10-22-20(27)21-3/h4-8,17H,9-13H2,1-3H3,(H2,21,22,27). The van der Waals surface area contributed by atoms with Gasteiger partial charge in [-0.2, -0.15) is 5.10 Å². The number of amides is 3. The molecule has 1 aliphatic heterocycles. The van der Waals surface area contributed by atoms with E-state index in [1.54, 1.807) is 7.05 Å². The van der Waals surface area contributed by atoms with Gasteiger partial charge in [0, 0.05) is 37.8 Å². The third-order valence-electron chi connectivity index (χ3n) is 4.98. The Morgan fingerprint density at radius 2 is 2.00 bits per heavy atom. The van der Waals surface area contributed by atoms with E-state index < -0.39 is 0 Å². The summed E-state index contributed by atoms with van der Waals surface area (Å²) in [6.07, 6.45) is 0.245. The van der Waals surface area contributed by atoms with Crippen molar-refractivity contribution in [3.05, 3.63) is 47.3 Å². The van der Waals surface area contributed by atoms with Crippen molar-refractivity contribution in [2.24, 2.45) is 0 Å². The monoisotopic (exact) mass is 385 g/mol. The van der Waals surface area contributed by atoms with Crippen molar-refractivity contribution in [2.75, 3.05) is 33.4 Å². The molecular formula is C20H27N5O3. The quantitative estimate of drug-likeness (QED) is 0.820. The molecule has 2 heterocycles. The van der Waals surface area contributed by atoms with Gasteiger partial charge >= 0.3 is 6.03 Å². The highest BCUT2D eigenvalue weighted by molar-refractivity contribution is 5.78. The van der Waals surface area contributed by atoms with Crippen LogP contribution in [-0.2, 0) is 9.53 Å². The van der Waals surface area contributed by atoms with Crippen LogP contribution in [0.15, 0.2) is 30.3 Å². The fourth-order valence-corrected chi connectivity index (χ4v) is 3.61. The van der Waals surface area contributed by atoms with Crippen LogP contribution in [0, 0.1) is 13.8 Å². The van der Waals surface area contributed by atoms with Crippen LogP contribution in [0.4, 0.5) is 4.79 Å². The lowest BCUT2D eigenvalue weighted by atomic mass is 10.0. The van der Waals surface area contributed by atoms with Crippen molar-refractivity contribution >= 4 is 11.9 Å². The molecule has 2 N–H and O–H groups in total. The molecule has 1 unspecified atom stereocenters. The Morgan fingerprint density at radius 1 is 1.25 bits per heavy atom. The third kappa shape index (κ3) is 4.17. The van der Waals surface area contributed by atoms with Gasteiger partial charge in [-0.1, -0.05) is 18.2 Å². The summed E-state index contributed by atoms with van der Waals surface area (Å²) in [5.74, 6) is -0.00374. The SMILES string of the molecule is CNC(=O)NCCC(=O)N1CCOCC1c1c(C)nn(-c2ccccc2)c1C. The van der Waals surface area contributed by atoms with E-state index in [1.807, 2.05) is 53.8 Å². The molecule has 1 aromatic carbocycles. The number of nitrogens with one attached hydrogen (secondary N) is 2. The first-order valence-electron chi connectivity index (χ1n) is 9.47. The van der Waals surface area contributed by atoms with Gasteiger partial charge in [-0.15, -0.1) is 0 Å². The molecule has 150 valence electrons. The molecule has 0 spiro atoms. The molecule has 8 nitrogen and oxygen atoms in total. The van der Waals surface area contributed by atoms with Crippen LogP contribution in [0.5, 0.6) is 0 Å². The molecule has 0 saturated carbocycles. The normalized spacial score (nSPS) is 16.7. The summed E-state index contributed by atoms with van der Waals surface area (Å²) in [7, 11) is 1.55. The van der Waals surface area contributed by atoms with E-state index in [-0.39, 0.29) is 24.4 Å².